The number of aryl methyl sites for hydroxylation is 1. The van der Waals surface area contributed by atoms with E-state index in [1.54, 1.807) is 6.20 Å². The SMILES string of the molecule is Cc1nc(N2CCN(C)CC2)ncc1C(=O)NCC1COc2ccccc2C1. The predicted molar refractivity (Wildman–Crippen MR) is 108 cm³/mol. The summed E-state index contributed by atoms with van der Waals surface area (Å²) in [5, 5.41) is 3.03. The van der Waals surface area contributed by atoms with Gasteiger partial charge in [-0.25, -0.2) is 9.97 Å². The molecule has 1 fully saturated rings. The molecule has 1 amide bonds. The lowest BCUT2D eigenvalue weighted by molar-refractivity contribution is 0.0937. The van der Waals surface area contributed by atoms with Gasteiger partial charge in [0, 0.05) is 44.8 Å². The van der Waals surface area contributed by atoms with E-state index >= 15 is 0 Å². The zero-order valence-corrected chi connectivity index (χ0v) is 16.5. The number of nitrogens with one attached hydrogen (secondary N) is 1. The van der Waals surface area contributed by atoms with Crippen LogP contribution in [0.4, 0.5) is 5.95 Å². The fraction of sp³-hybridized carbons (Fsp3) is 0.476. The summed E-state index contributed by atoms with van der Waals surface area (Å²) in [6.07, 6.45) is 2.56. The third kappa shape index (κ3) is 4.09. The number of ether oxygens (including phenoxy) is 1. The van der Waals surface area contributed by atoms with Crippen molar-refractivity contribution in [3.63, 3.8) is 0 Å². The first-order chi connectivity index (χ1) is 13.6. The molecule has 2 aliphatic heterocycles. The molecule has 0 saturated carbocycles. The first-order valence-corrected chi connectivity index (χ1v) is 9.86. The standard InChI is InChI=1S/C21H27N5O2/c1-15-18(13-23-21(24-15)26-9-7-25(2)8-10-26)20(27)22-12-16-11-17-5-3-4-6-19(17)28-14-16/h3-6,13,16H,7-12,14H2,1-2H3,(H,22,27). The van der Waals surface area contributed by atoms with Gasteiger partial charge in [-0.2, -0.15) is 0 Å². The number of likely N-dealkylation sites (N-methyl/N-ethyl adjacent to an activating group) is 1. The van der Waals surface area contributed by atoms with Gasteiger partial charge < -0.3 is 19.9 Å². The summed E-state index contributed by atoms with van der Waals surface area (Å²) in [6, 6.07) is 8.08. The Hall–Kier alpha value is -2.67. The fourth-order valence-corrected chi connectivity index (χ4v) is 3.69. The van der Waals surface area contributed by atoms with Gasteiger partial charge in [-0.1, -0.05) is 18.2 Å². The van der Waals surface area contributed by atoms with Crippen molar-refractivity contribution in [3.8, 4) is 5.75 Å². The Morgan fingerprint density at radius 1 is 1.25 bits per heavy atom. The molecule has 1 N–H and O–H groups in total. The largest absolute Gasteiger partial charge is 0.493 e. The monoisotopic (exact) mass is 381 g/mol. The van der Waals surface area contributed by atoms with Gasteiger partial charge in [-0.3, -0.25) is 4.79 Å². The number of nitrogens with zero attached hydrogens (tertiary/aromatic N) is 4. The lowest BCUT2D eigenvalue weighted by Gasteiger charge is -2.32. The molecule has 28 heavy (non-hydrogen) atoms. The van der Waals surface area contributed by atoms with Gasteiger partial charge in [-0.05, 0) is 32.0 Å². The third-order valence-electron chi connectivity index (χ3n) is 5.50. The second kappa shape index (κ2) is 8.14. The van der Waals surface area contributed by atoms with Gasteiger partial charge in [0.25, 0.3) is 5.91 Å². The molecule has 2 aromatic rings. The lowest BCUT2D eigenvalue weighted by atomic mass is 9.96. The molecule has 3 heterocycles. The maximum atomic E-state index is 12.6. The minimum absolute atomic E-state index is 0.124. The molecule has 7 heteroatoms. The molecule has 1 atom stereocenters. The number of anilines is 1. The van der Waals surface area contributed by atoms with Crippen LogP contribution in [0.1, 0.15) is 21.6 Å². The summed E-state index contributed by atoms with van der Waals surface area (Å²) in [5.74, 6) is 1.80. The van der Waals surface area contributed by atoms with E-state index in [4.69, 9.17) is 4.74 Å². The molecule has 1 aromatic heterocycles. The van der Waals surface area contributed by atoms with Gasteiger partial charge in [0.05, 0.1) is 17.9 Å². The van der Waals surface area contributed by atoms with Crippen LogP contribution in [-0.4, -0.2) is 67.2 Å². The number of carbonyl (C=O) groups excluding carboxylic acids is 1. The first-order valence-electron chi connectivity index (χ1n) is 9.86. The van der Waals surface area contributed by atoms with Crippen LogP contribution < -0.4 is 15.0 Å². The highest BCUT2D eigenvalue weighted by Gasteiger charge is 2.22. The minimum Gasteiger partial charge on any atom is -0.493 e. The van der Waals surface area contributed by atoms with E-state index in [-0.39, 0.29) is 11.8 Å². The maximum Gasteiger partial charge on any atom is 0.254 e. The Kier molecular flexibility index (Phi) is 5.43. The van der Waals surface area contributed by atoms with E-state index in [1.807, 2.05) is 25.1 Å². The molecule has 1 saturated heterocycles. The molecular weight excluding hydrogens is 354 g/mol. The van der Waals surface area contributed by atoms with Crippen molar-refractivity contribution in [2.75, 3.05) is 51.3 Å². The number of hydrogen-bond donors (Lipinski definition) is 1. The molecule has 0 aliphatic carbocycles. The number of piperazine rings is 1. The summed E-state index contributed by atoms with van der Waals surface area (Å²) >= 11 is 0. The normalized spacial score (nSPS) is 19.6. The van der Waals surface area contributed by atoms with Crippen molar-refractivity contribution in [2.24, 2.45) is 5.92 Å². The van der Waals surface area contributed by atoms with Crippen LogP contribution in [0.5, 0.6) is 5.75 Å². The second-order valence-electron chi connectivity index (χ2n) is 7.66. The van der Waals surface area contributed by atoms with E-state index < -0.39 is 0 Å². The number of carbonyl (C=O) groups is 1. The zero-order chi connectivity index (χ0) is 19.5. The van der Waals surface area contributed by atoms with Crippen LogP contribution in [0, 0.1) is 12.8 Å². The Morgan fingerprint density at radius 3 is 2.82 bits per heavy atom. The molecule has 4 rings (SSSR count). The predicted octanol–water partition coefficient (Wildman–Crippen LogP) is 1.52. The van der Waals surface area contributed by atoms with E-state index in [2.05, 4.69) is 38.2 Å². The zero-order valence-electron chi connectivity index (χ0n) is 16.5. The average molecular weight is 381 g/mol. The number of amides is 1. The van der Waals surface area contributed by atoms with Crippen LogP contribution in [0.25, 0.3) is 0 Å². The highest BCUT2D eigenvalue weighted by molar-refractivity contribution is 5.95. The summed E-state index contributed by atoms with van der Waals surface area (Å²) in [6.45, 7) is 6.88. The van der Waals surface area contributed by atoms with Gasteiger partial charge in [0.15, 0.2) is 0 Å². The molecule has 2 aliphatic rings. The van der Waals surface area contributed by atoms with Crippen molar-refractivity contribution < 1.29 is 9.53 Å². The van der Waals surface area contributed by atoms with Crippen molar-refractivity contribution in [1.82, 2.24) is 20.2 Å². The number of rotatable bonds is 4. The van der Waals surface area contributed by atoms with Gasteiger partial charge in [-0.15, -0.1) is 0 Å². The fourth-order valence-electron chi connectivity index (χ4n) is 3.69. The van der Waals surface area contributed by atoms with Crippen LogP contribution in [0.15, 0.2) is 30.5 Å². The third-order valence-corrected chi connectivity index (χ3v) is 5.50. The van der Waals surface area contributed by atoms with Gasteiger partial charge in [0.1, 0.15) is 5.75 Å². The van der Waals surface area contributed by atoms with E-state index in [9.17, 15) is 4.79 Å². The molecule has 1 aromatic carbocycles. The quantitative estimate of drug-likeness (QED) is 0.866. The number of hydrogen-bond acceptors (Lipinski definition) is 6. The topological polar surface area (TPSA) is 70.6 Å². The van der Waals surface area contributed by atoms with E-state index in [0.717, 1.165) is 38.3 Å². The number of benzene rings is 1. The number of fused-ring (bicyclic) bond motifs is 1. The van der Waals surface area contributed by atoms with Crippen LogP contribution in [0.2, 0.25) is 0 Å². The molecular formula is C21H27N5O2. The minimum atomic E-state index is -0.124. The van der Waals surface area contributed by atoms with Gasteiger partial charge in [0.2, 0.25) is 5.95 Å². The Bertz CT molecular complexity index is 848. The summed E-state index contributed by atoms with van der Waals surface area (Å²) in [4.78, 5) is 26.1. The second-order valence-corrected chi connectivity index (χ2v) is 7.66. The molecule has 148 valence electrons. The maximum absolute atomic E-state index is 12.6. The average Bonchev–Trinajstić information content (AvgIpc) is 2.72. The van der Waals surface area contributed by atoms with E-state index in [0.29, 0.717) is 30.4 Å². The summed E-state index contributed by atoms with van der Waals surface area (Å²) in [7, 11) is 2.12. The molecule has 7 nitrogen and oxygen atoms in total. The van der Waals surface area contributed by atoms with Crippen molar-refractivity contribution in [3.05, 3.63) is 47.3 Å². The molecule has 1 unspecified atom stereocenters. The van der Waals surface area contributed by atoms with E-state index in [1.165, 1.54) is 5.56 Å². The highest BCUT2D eigenvalue weighted by atomic mass is 16.5. The molecule has 0 radical (unpaired) electrons. The Labute approximate surface area is 165 Å². The smallest absolute Gasteiger partial charge is 0.254 e. The Balaban J connectivity index is 1.35. The first kappa shape index (κ1) is 18.7. The lowest BCUT2D eigenvalue weighted by Crippen LogP contribution is -2.45. The highest BCUT2D eigenvalue weighted by Crippen LogP contribution is 2.26. The van der Waals surface area contributed by atoms with Crippen molar-refractivity contribution in [1.29, 1.82) is 0 Å². The van der Waals surface area contributed by atoms with Crippen LogP contribution in [-0.2, 0) is 6.42 Å². The number of para-hydroxylation sites is 1. The molecule has 0 spiro atoms. The van der Waals surface area contributed by atoms with Crippen molar-refractivity contribution in [2.45, 2.75) is 13.3 Å². The molecule has 0 bridgehead atoms. The summed E-state index contributed by atoms with van der Waals surface area (Å²) in [5.41, 5.74) is 2.45. The van der Waals surface area contributed by atoms with Crippen LogP contribution >= 0.6 is 0 Å². The van der Waals surface area contributed by atoms with Crippen molar-refractivity contribution >= 4 is 11.9 Å². The summed E-state index contributed by atoms with van der Waals surface area (Å²) < 4.78 is 5.80. The van der Waals surface area contributed by atoms with Crippen LogP contribution in [0.3, 0.4) is 0 Å². The Morgan fingerprint density at radius 2 is 2.04 bits per heavy atom. The van der Waals surface area contributed by atoms with Gasteiger partial charge >= 0.3 is 0 Å². The number of aromatic nitrogens is 2.